The molecule has 30 rings (SSSR count). The molecule has 11 heterocycles. The molecule has 20 heteroatoms. The number of aromatic nitrogens is 17. The van der Waals surface area contributed by atoms with E-state index >= 15 is 0 Å². The van der Waals surface area contributed by atoms with E-state index in [2.05, 4.69) is 453 Å². The second-order valence-electron chi connectivity index (χ2n) is 37.6. The van der Waals surface area contributed by atoms with Gasteiger partial charge in [0.25, 0.3) is 0 Å². The number of hydrogen-bond donors (Lipinski definition) is 0. The van der Waals surface area contributed by atoms with Crippen LogP contribution in [0.15, 0.2) is 407 Å². The summed E-state index contributed by atoms with van der Waals surface area (Å²) in [6, 6.07) is 160. The van der Waals surface area contributed by atoms with Gasteiger partial charge in [0.2, 0.25) is 0 Å². The van der Waals surface area contributed by atoms with Gasteiger partial charge in [0.1, 0.15) is 11.3 Å². The number of hydrogen-bond acceptors (Lipinski definition) is 8. The van der Waals surface area contributed by atoms with Crippen molar-refractivity contribution < 1.29 is 63.2 Å². The third-order valence-corrected chi connectivity index (χ3v) is 29.3. The zero-order valence-corrected chi connectivity index (χ0v) is 88.6. The van der Waals surface area contributed by atoms with Gasteiger partial charge in [-0.25, -0.2) is 9.97 Å². The number of benzene rings is 19. The number of pyridine rings is 2. The second kappa shape index (κ2) is 37.8. The van der Waals surface area contributed by atoms with Crippen LogP contribution in [0, 0.1) is 36.4 Å². The number of nitrogens with zero attached hydrogens (tertiary/aromatic N) is 17. The van der Waals surface area contributed by atoms with Crippen LogP contribution in [0.3, 0.4) is 0 Å². The Morgan fingerprint density at radius 2 is 0.467 bits per heavy atom. The van der Waals surface area contributed by atoms with Crippen molar-refractivity contribution in [3.05, 3.63) is 443 Å². The minimum Gasteiger partial charge on any atom is -0.367 e. The summed E-state index contributed by atoms with van der Waals surface area (Å²) in [6.07, 6.45) is 3.68. The van der Waals surface area contributed by atoms with Gasteiger partial charge in [-0.1, -0.05) is 228 Å². The van der Waals surface area contributed by atoms with E-state index in [0.29, 0.717) is 0 Å². The smallest absolute Gasteiger partial charge is 0.367 e. The zero-order chi connectivity index (χ0) is 97.9. The molecule has 150 heavy (non-hydrogen) atoms. The summed E-state index contributed by atoms with van der Waals surface area (Å²) in [4.78, 5) is 39.9. The average molecular weight is 2470 g/mol. The van der Waals surface area contributed by atoms with Crippen molar-refractivity contribution in [1.82, 2.24) is 81.0 Å². The van der Waals surface area contributed by atoms with Crippen LogP contribution < -0.4 is 0 Å². The Balaban J connectivity index is 0.000000115. The molecule has 19 aromatic carbocycles. The fourth-order valence-corrected chi connectivity index (χ4v) is 22.1. The van der Waals surface area contributed by atoms with Gasteiger partial charge in [-0.05, 0) is 206 Å². The topological polar surface area (TPSA) is 147 Å². The molecule has 0 amide bonds. The Morgan fingerprint density at radius 3 is 0.867 bits per heavy atom. The summed E-state index contributed by atoms with van der Waals surface area (Å²) in [6.45, 7) is 0. The predicted octanol–water partition coefficient (Wildman–Crippen LogP) is 29.7. The fourth-order valence-electron chi connectivity index (χ4n) is 22.1. The molecule has 0 aliphatic carbocycles. The molecule has 0 aliphatic heterocycles. The van der Waals surface area contributed by atoms with Crippen LogP contribution in [0.2, 0.25) is 0 Å². The van der Waals surface area contributed by atoms with E-state index in [1.807, 2.05) is 73.1 Å². The number of aryl methyl sites for hydroxylation is 6. The van der Waals surface area contributed by atoms with Crippen LogP contribution >= 0.6 is 0 Å². The molecule has 0 bridgehead atoms. The maximum atomic E-state index is 5.18. The molecular formula is C130H85N17Pt3. The van der Waals surface area contributed by atoms with Crippen LogP contribution in [0.25, 0.3) is 283 Å². The number of imidazole rings is 6. The maximum Gasteiger partial charge on any atom is 2.00 e. The average Bonchev–Trinajstić information content (AvgIpc) is 1.59. The Kier molecular flexibility index (Phi) is 23.6. The van der Waals surface area contributed by atoms with Gasteiger partial charge in [0.15, 0.2) is 0 Å². The third-order valence-electron chi connectivity index (χ3n) is 29.3. The van der Waals surface area contributed by atoms with Crippen LogP contribution in [-0.4, -0.2) is 81.0 Å². The van der Waals surface area contributed by atoms with Gasteiger partial charge in [-0.3, -0.25) is 29.9 Å². The summed E-state index contributed by atoms with van der Waals surface area (Å²) in [7, 11) is 12.4. The first kappa shape index (κ1) is 93.6. The van der Waals surface area contributed by atoms with Crippen LogP contribution in [0.4, 0.5) is 0 Å². The first-order chi connectivity index (χ1) is 72.4. The molecule has 0 fully saturated rings. The minimum absolute atomic E-state index is 0. The molecule has 720 valence electrons. The second-order valence-corrected chi connectivity index (χ2v) is 37.6. The van der Waals surface area contributed by atoms with Gasteiger partial charge in [-0.2, -0.15) is 0 Å². The van der Waals surface area contributed by atoms with Crippen LogP contribution in [0.5, 0.6) is 0 Å². The van der Waals surface area contributed by atoms with Gasteiger partial charge >= 0.3 is 63.2 Å². The summed E-state index contributed by atoms with van der Waals surface area (Å²) >= 11 is 0. The van der Waals surface area contributed by atoms with E-state index in [1.54, 1.807) is 0 Å². The van der Waals surface area contributed by atoms with E-state index in [4.69, 9.17) is 39.9 Å². The molecule has 0 aliphatic rings. The van der Waals surface area contributed by atoms with E-state index in [1.165, 1.54) is 54.6 Å². The van der Waals surface area contributed by atoms with Crippen molar-refractivity contribution in [3.8, 4) is 119 Å². The summed E-state index contributed by atoms with van der Waals surface area (Å²) in [5.74, 6) is 5.20. The molecule has 0 spiro atoms. The van der Waals surface area contributed by atoms with Crippen molar-refractivity contribution in [3.63, 3.8) is 0 Å². The third kappa shape index (κ3) is 15.5. The SMILES string of the molecule is Cn1c(-c2[c-]c(-n3c4[c-]c(-c5nc6cc(-c7cccc8ccccc78)ccc6n5C)ccc4c4cccnc43)ccc2)nc2ccccc21.Cn1c(-c2[c-]c(-n3c4[c-]c(-c5nc6ccc(-c7cccc8ccccc78)cc6n5C)ccc4c4cccnc43)ccc2)nc2ccccc21.Cn1c(-c2[c-]c(-n3c4[c-]c(-c5nc6ccccc6n5C)ccc4c4ccc(-c5cccc6ccccc56)cc43)ccc2)nc2ccccc21.[Pt+2].[Pt+2].[Pt+2]. The Hall–Kier alpha value is -17.5. The molecule has 30 aromatic rings. The van der Waals surface area contributed by atoms with Crippen molar-refractivity contribution in [2.45, 2.75) is 0 Å². The molecule has 0 atom stereocenters. The Labute approximate surface area is 904 Å². The summed E-state index contributed by atoms with van der Waals surface area (Å²) in [5, 5.41) is 14.0. The molecule has 0 unspecified atom stereocenters. The Bertz CT molecular complexity index is 10400. The molecule has 17 nitrogen and oxygen atoms in total. The van der Waals surface area contributed by atoms with Gasteiger partial charge in [0.05, 0.1) is 101 Å². The maximum absolute atomic E-state index is 5.18. The number of rotatable bonds is 12. The summed E-state index contributed by atoms with van der Waals surface area (Å²) in [5.41, 5.74) is 33.2. The summed E-state index contributed by atoms with van der Waals surface area (Å²) < 4.78 is 19.5. The number of fused-ring (bicyclic) bond motifs is 18. The van der Waals surface area contributed by atoms with Crippen molar-refractivity contribution in [2.75, 3.05) is 0 Å². The molecule has 0 radical (unpaired) electrons. The van der Waals surface area contributed by atoms with Crippen LogP contribution in [-0.2, 0) is 105 Å². The molecule has 11 aromatic heterocycles. The van der Waals surface area contributed by atoms with Crippen molar-refractivity contribution >= 4 is 164 Å². The van der Waals surface area contributed by atoms with Crippen molar-refractivity contribution in [1.29, 1.82) is 0 Å². The first-order valence-corrected chi connectivity index (χ1v) is 49.1. The van der Waals surface area contributed by atoms with Crippen LogP contribution in [0.1, 0.15) is 0 Å². The monoisotopic (exact) mass is 2470 g/mol. The molecule has 0 saturated heterocycles. The predicted molar refractivity (Wildman–Crippen MR) is 598 cm³/mol. The molecular weight excluding hydrogens is 2380 g/mol. The standard InChI is InChI=1S/C44H29N5.2C43H28N6.3Pt/c1-47-39-19-7-5-17-37(39)45-43(47)30-13-9-14-32(25-30)49-41-26-29(34-16-10-12-28-11-3-4-15-33(28)34)21-23-35(41)36-24-22-31(27-42(36)49)44-46-38-18-6-8-20-40(38)48(44)2;1-47-38-18-6-5-17-36(38)45-41(47)29-12-7-13-31(24-29)49-40-26-30(19-21-34(40)35-16-9-23-44-43(35)49)42-46-37-25-28(20-22-39(37)48(42)2)33-15-8-11-27-10-3-4-14-32(27)33;1-47-38-18-6-5-17-36(38)45-41(47)29-12-7-13-31(24-29)49-39-26-30(19-21-34(39)35-16-9-23-44-43(35)49)42-46-37-22-20-28(25-40(37)48(42)2)33-15-8-11-27-10-3-4-14-32(27)33;;;/h3-24,26H,1-2H3;2*3-23,25H,1-2H3;;;/q3*-2;3*+2. The van der Waals surface area contributed by atoms with E-state index in [-0.39, 0.29) is 63.2 Å². The molecule has 0 saturated carbocycles. The fraction of sp³-hybridized carbons (Fsp3) is 0.0462. The van der Waals surface area contributed by atoms with Gasteiger partial charge in [-0.15, -0.1) is 161 Å². The van der Waals surface area contributed by atoms with Gasteiger partial charge < -0.3 is 41.1 Å². The van der Waals surface area contributed by atoms with Gasteiger partial charge in [0, 0.05) is 60.2 Å². The Morgan fingerprint density at radius 1 is 0.187 bits per heavy atom. The first-order valence-electron chi connectivity index (χ1n) is 49.1. The van der Waals surface area contributed by atoms with E-state index < -0.39 is 0 Å². The number of para-hydroxylation sites is 8. The zero-order valence-electron chi connectivity index (χ0n) is 81.7. The van der Waals surface area contributed by atoms with E-state index in [9.17, 15) is 0 Å². The largest absolute Gasteiger partial charge is 2.00 e. The quantitative estimate of drug-likeness (QED) is 0.110. The minimum atomic E-state index is 0. The van der Waals surface area contributed by atoms with E-state index in [0.717, 1.165) is 228 Å². The van der Waals surface area contributed by atoms with Crippen molar-refractivity contribution in [2.24, 2.45) is 42.3 Å². The normalized spacial score (nSPS) is 11.6. The molecule has 0 N–H and O–H groups in total.